The number of amides is 1. The summed E-state index contributed by atoms with van der Waals surface area (Å²) >= 11 is 0. The Kier molecular flexibility index (Phi) is 3.95. The van der Waals surface area contributed by atoms with E-state index < -0.39 is 0 Å². The van der Waals surface area contributed by atoms with Crippen LogP contribution in [0.4, 0.5) is 5.82 Å². The summed E-state index contributed by atoms with van der Waals surface area (Å²) in [6.07, 6.45) is 0. The minimum atomic E-state index is 0.136. The maximum Gasteiger partial charge on any atom is 0.219 e. The average molecular weight is 316 g/mol. The fourth-order valence-corrected chi connectivity index (χ4v) is 3.04. The third kappa shape index (κ3) is 2.75. The number of fused-ring (bicyclic) bond motifs is 1. The Morgan fingerprint density at radius 2 is 1.78 bits per heavy atom. The fourth-order valence-electron chi connectivity index (χ4n) is 3.04. The summed E-state index contributed by atoms with van der Waals surface area (Å²) in [7, 11) is 1.93. The SMILES string of the molecule is CC(=O)N1CCN(c2nc(C(C)C)nc3c(C)nn(C)c23)CC1. The lowest BCUT2D eigenvalue weighted by molar-refractivity contribution is -0.129. The van der Waals surface area contributed by atoms with Crippen molar-refractivity contribution in [2.45, 2.75) is 33.6 Å². The van der Waals surface area contributed by atoms with Crippen LogP contribution in [0.2, 0.25) is 0 Å². The van der Waals surface area contributed by atoms with E-state index in [1.54, 1.807) is 6.92 Å². The highest BCUT2D eigenvalue weighted by atomic mass is 16.2. The van der Waals surface area contributed by atoms with Crippen LogP contribution in [0.1, 0.15) is 38.2 Å². The molecular weight excluding hydrogens is 292 g/mol. The monoisotopic (exact) mass is 316 g/mol. The molecule has 0 N–H and O–H groups in total. The first kappa shape index (κ1) is 15.7. The molecule has 0 unspecified atom stereocenters. The smallest absolute Gasteiger partial charge is 0.219 e. The molecule has 7 heteroatoms. The summed E-state index contributed by atoms with van der Waals surface area (Å²) in [5.41, 5.74) is 2.83. The average Bonchev–Trinajstić information content (AvgIpc) is 2.81. The Hall–Kier alpha value is -2.18. The maximum absolute atomic E-state index is 11.5. The lowest BCUT2D eigenvalue weighted by Gasteiger charge is -2.35. The highest BCUT2D eigenvalue weighted by Gasteiger charge is 2.24. The number of aryl methyl sites for hydroxylation is 2. The number of hydrogen-bond donors (Lipinski definition) is 0. The molecule has 3 rings (SSSR count). The van der Waals surface area contributed by atoms with E-state index in [2.05, 4.69) is 23.8 Å². The zero-order chi connectivity index (χ0) is 16.7. The molecule has 0 atom stereocenters. The van der Waals surface area contributed by atoms with E-state index in [9.17, 15) is 4.79 Å². The van der Waals surface area contributed by atoms with E-state index in [0.29, 0.717) is 0 Å². The van der Waals surface area contributed by atoms with Crippen molar-refractivity contribution in [3.8, 4) is 0 Å². The third-order valence-corrected chi connectivity index (χ3v) is 4.39. The van der Waals surface area contributed by atoms with Gasteiger partial charge in [-0.1, -0.05) is 13.8 Å². The zero-order valence-electron chi connectivity index (χ0n) is 14.5. The summed E-state index contributed by atoms with van der Waals surface area (Å²) in [6.45, 7) is 10.8. The minimum Gasteiger partial charge on any atom is -0.351 e. The lowest BCUT2D eigenvalue weighted by Crippen LogP contribution is -2.48. The first-order chi connectivity index (χ1) is 10.9. The summed E-state index contributed by atoms with van der Waals surface area (Å²) in [4.78, 5) is 25.2. The molecule has 1 amide bonds. The number of aromatic nitrogens is 4. The van der Waals surface area contributed by atoms with Crippen LogP contribution in [-0.4, -0.2) is 56.7 Å². The van der Waals surface area contributed by atoms with Gasteiger partial charge in [0.1, 0.15) is 16.9 Å². The van der Waals surface area contributed by atoms with Crippen LogP contribution >= 0.6 is 0 Å². The van der Waals surface area contributed by atoms with E-state index in [1.165, 1.54) is 0 Å². The summed E-state index contributed by atoms with van der Waals surface area (Å²) in [6, 6.07) is 0. The van der Waals surface area contributed by atoms with Gasteiger partial charge in [-0.3, -0.25) is 9.48 Å². The van der Waals surface area contributed by atoms with Gasteiger partial charge < -0.3 is 9.80 Å². The molecule has 7 nitrogen and oxygen atoms in total. The topological polar surface area (TPSA) is 67.2 Å². The van der Waals surface area contributed by atoms with Crippen molar-refractivity contribution in [3.05, 3.63) is 11.5 Å². The van der Waals surface area contributed by atoms with E-state index in [1.807, 2.05) is 23.6 Å². The molecule has 1 fully saturated rings. The largest absolute Gasteiger partial charge is 0.351 e. The molecule has 124 valence electrons. The molecule has 2 aromatic rings. The molecule has 1 aliphatic heterocycles. The molecule has 0 bridgehead atoms. The van der Waals surface area contributed by atoms with Crippen molar-refractivity contribution < 1.29 is 4.79 Å². The first-order valence-electron chi connectivity index (χ1n) is 8.10. The van der Waals surface area contributed by atoms with Gasteiger partial charge >= 0.3 is 0 Å². The normalized spacial score (nSPS) is 15.7. The highest BCUT2D eigenvalue weighted by Crippen LogP contribution is 2.28. The number of carbonyl (C=O) groups excluding carboxylic acids is 1. The highest BCUT2D eigenvalue weighted by molar-refractivity contribution is 5.88. The standard InChI is InChI=1S/C16H24N6O/c1-10(2)15-17-13-11(3)19-20(5)14(13)16(18-15)22-8-6-21(7-9-22)12(4)23/h10H,6-9H2,1-5H3. The maximum atomic E-state index is 11.5. The number of anilines is 1. The van der Waals surface area contributed by atoms with Gasteiger partial charge in [0.05, 0.1) is 5.69 Å². The molecular formula is C16H24N6O. The van der Waals surface area contributed by atoms with Crippen molar-refractivity contribution >= 4 is 22.8 Å². The third-order valence-electron chi connectivity index (χ3n) is 4.39. The molecule has 2 aromatic heterocycles. The Morgan fingerprint density at radius 1 is 1.13 bits per heavy atom. The molecule has 0 aromatic carbocycles. The van der Waals surface area contributed by atoms with Crippen LogP contribution in [-0.2, 0) is 11.8 Å². The van der Waals surface area contributed by atoms with Gasteiger partial charge in [-0.05, 0) is 6.92 Å². The number of nitrogens with zero attached hydrogens (tertiary/aromatic N) is 6. The zero-order valence-corrected chi connectivity index (χ0v) is 14.5. The van der Waals surface area contributed by atoms with Crippen LogP contribution in [0, 0.1) is 6.92 Å². The summed E-state index contributed by atoms with van der Waals surface area (Å²) in [5, 5.41) is 4.51. The van der Waals surface area contributed by atoms with Crippen LogP contribution in [0.5, 0.6) is 0 Å². The first-order valence-corrected chi connectivity index (χ1v) is 8.10. The molecule has 23 heavy (non-hydrogen) atoms. The van der Waals surface area contributed by atoms with Gasteiger partial charge in [0.25, 0.3) is 0 Å². The van der Waals surface area contributed by atoms with E-state index in [4.69, 9.17) is 9.97 Å². The lowest BCUT2D eigenvalue weighted by atomic mass is 10.2. The fraction of sp³-hybridized carbons (Fsp3) is 0.625. The molecule has 0 spiro atoms. The number of carbonyl (C=O) groups is 1. The van der Waals surface area contributed by atoms with Gasteiger partial charge in [0.15, 0.2) is 5.82 Å². The number of piperazine rings is 1. The Labute approximate surface area is 136 Å². The van der Waals surface area contributed by atoms with Crippen LogP contribution in [0.3, 0.4) is 0 Å². The predicted molar refractivity (Wildman–Crippen MR) is 89.6 cm³/mol. The molecule has 0 radical (unpaired) electrons. The molecule has 1 aliphatic rings. The molecule has 0 saturated carbocycles. The molecule has 0 aliphatic carbocycles. The second kappa shape index (κ2) is 5.79. The summed E-state index contributed by atoms with van der Waals surface area (Å²) < 4.78 is 1.86. The van der Waals surface area contributed by atoms with Gasteiger partial charge in [-0.15, -0.1) is 0 Å². The van der Waals surface area contributed by atoms with Gasteiger partial charge in [-0.25, -0.2) is 9.97 Å². The van der Waals surface area contributed by atoms with E-state index in [0.717, 1.165) is 54.5 Å². The van der Waals surface area contributed by atoms with Crippen molar-refractivity contribution in [1.82, 2.24) is 24.6 Å². The van der Waals surface area contributed by atoms with Crippen molar-refractivity contribution in [3.63, 3.8) is 0 Å². The Bertz CT molecular complexity index is 743. The Morgan fingerprint density at radius 3 is 2.35 bits per heavy atom. The number of hydrogen-bond acceptors (Lipinski definition) is 5. The second-order valence-corrected chi connectivity index (χ2v) is 6.46. The van der Waals surface area contributed by atoms with Gasteiger partial charge in [-0.2, -0.15) is 5.10 Å². The van der Waals surface area contributed by atoms with Crippen LogP contribution in [0.15, 0.2) is 0 Å². The number of rotatable bonds is 2. The van der Waals surface area contributed by atoms with Gasteiger partial charge in [0, 0.05) is 46.1 Å². The van der Waals surface area contributed by atoms with Crippen molar-refractivity contribution in [2.75, 3.05) is 31.1 Å². The predicted octanol–water partition coefficient (Wildman–Crippen LogP) is 1.46. The quantitative estimate of drug-likeness (QED) is 0.839. The van der Waals surface area contributed by atoms with E-state index >= 15 is 0 Å². The van der Waals surface area contributed by atoms with Gasteiger partial charge in [0.2, 0.25) is 5.91 Å². The Balaban J connectivity index is 2.04. The molecule has 3 heterocycles. The van der Waals surface area contributed by atoms with E-state index in [-0.39, 0.29) is 11.8 Å². The van der Waals surface area contributed by atoms with Crippen LogP contribution in [0.25, 0.3) is 11.0 Å². The second-order valence-electron chi connectivity index (χ2n) is 6.46. The van der Waals surface area contributed by atoms with Crippen LogP contribution < -0.4 is 4.90 Å². The molecule has 1 saturated heterocycles. The summed E-state index contributed by atoms with van der Waals surface area (Å²) in [5.74, 6) is 2.18. The van der Waals surface area contributed by atoms with Crippen molar-refractivity contribution in [1.29, 1.82) is 0 Å². The van der Waals surface area contributed by atoms with Crippen molar-refractivity contribution in [2.24, 2.45) is 7.05 Å². The minimum absolute atomic E-state index is 0.136.